The van der Waals surface area contributed by atoms with Crippen LogP contribution in [0, 0.1) is 5.92 Å². The van der Waals surface area contributed by atoms with Gasteiger partial charge in [-0.05, 0) is 0 Å². The summed E-state index contributed by atoms with van der Waals surface area (Å²) in [7, 11) is 0. The van der Waals surface area contributed by atoms with Gasteiger partial charge in [-0.3, -0.25) is 4.79 Å². The van der Waals surface area contributed by atoms with Gasteiger partial charge in [0.25, 0.3) is 0 Å². The normalized spacial score (nSPS) is 41.8. The zero-order chi connectivity index (χ0) is 9.59. The molecule has 0 aromatic heterocycles. The van der Waals surface area contributed by atoms with E-state index in [-0.39, 0.29) is 30.2 Å². The molecule has 1 saturated carbocycles. The van der Waals surface area contributed by atoms with Crippen LogP contribution < -0.4 is 0 Å². The van der Waals surface area contributed by atoms with E-state index in [1.54, 1.807) is 13.8 Å². The third-order valence-electron chi connectivity index (χ3n) is 2.52. The molecule has 1 aliphatic carbocycles. The minimum atomic E-state index is -0.449. The minimum absolute atomic E-state index is 0.0438. The van der Waals surface area contributed by atoms with E-state index in [9.17, 15) is 9.90 Å². The molecule has 2 aliphatic rings. The van der Waals surface area contributed by atoms with Gasteiger partial charge < -0.3 is 14.6 Å². The summed E-state index contributed by atoms with van der Waals surface area (Å²) in [6, 6.07) is 0. The summed E-state index contributed by atoms with van der Waals surface area (Å²) < 4.78 is 10.3. The second-order valence-corrected chi connectivity index (χ2v) is 4.00. The molecule has 0 bridgehead atoms. The van der Waals surface area contributed by atoms with Crippen molar-refractivity contribution in [1.82, 2.24) is 0 Å². The number of hydrogen-bond acceptors (Lipinski definition) is 4. The lowest BCUT2D eigenvalue weighted by atomic mass is 10.2. The molecule has 2 rings (SSSR count). The van der Waals surface area contributed by atoms with Crippen LogP contribution >= 0.6 is 0 Å². The van der Waals surface area contributed by atoms with Crippen LogP contribution in [0.15, 0.2) is 0 Å². The maximum atomic E-state index is 11.2. The van der Waals surface area contributed by atoms with Gasteiger partial charge in [0.2, 0.25) is 0 Å². The van der Waals surface area contributed by atoms with Gasteiger partial charge in [0.1, 0.15) is 18.3 Å². The molecule has 1 saturated heterocycles. The first-order chi connectivity index (χ1) is 6.09. The SMILES string of the molecule is CC(C)C(=O)O[C@@H]1C[C@H](O)[C@@H]2O[C@@H]21. The molecule has 0 unspecified atom stereocenters. The molecule has 13 heavy (non-hydrogen) atoms. The third-order valence-corrected chi connectivity index (χ3v) is 2.52. The highest BCUT2D eigenvalue weighted by atomic mass is 16.6. The van der Waals surface area contributed by atoms with Crippen LogP contribution in [-0.4, -0.2) is 35.5 Å². The van der Waals surface area contributed by atoms with E-state index in [1.165, 1.54) is 0 Å². The molecular weight excluding hydrogens is 172 g/mol. The van der Waals surface area contributed by atoms with Crippen molar-refractivity contribution in [3.05, 3.63) is 0 Å². The third kappa shape index (κ3) is 1.56. The number of aliphatic hydroxyl groups excluding tert-OH is 1. The van der Waals surface area contributed by atoms with Crippen molar-refractivity contribution in [3.8, 4) is 0 Å². The lowest BCUT2D eigenvalue weighted by Gasteiger charge is -2.15. The van der Waals surface area contributed by atoms with Gasteiger partial charge in [-0.15, -0.1) is 0 Å². The second-order valence-electron chi connectivity index (χ2n) is 4.00. The van der Waals surface area contributed by atoms with E-state index in [1.807, 2.05) is 0 Å². The zero-order valence-corrected chi connectivity index (χ0v) is 7.77. The van der Waals surface area contributed by atoms with E-state index in [2.05, 4.69) is 0 Å². The molecule has 0 aromatic carbocycles. The van der Waals surface area contributed by atoms with Crippen molar-refractivity contribution in [2.24, 2.45) is 5.92 Å². The Bertz CT molecular complexity index is 226. The minimum Gasteiger partial charge on any atom is -0.459 e. The molecule has 0 radical (unpaired) electrons. The predicted molar refractivity (Wildman–Crippen MR) is 44.0 cm³/mol. The van der Waals surface area contributed by atoms with E-state index in [0.29, 0.717) is 6.42 Å². The fraction of sp³-hybridized carbons (Fsp3) is 0.889. The Morgan fingerprint density at radius 2 is 2.23 bits per heavy atom. The highest BCUT2D eigenvalue weighted by molar-refractivity contribution is 5.71. The van der Waals surface area contributed by atoms with Crippen molar-refractivity contribution < 1.29 is 19.4 Å². The molecule has 2 fully saturated rings. The van der Waals surface area contributed by atoms with Gasteiger partial charge in [0.15, 0.2) is 0 Å². The number of rotatable bonds is 2. The Kier molecular flexibility index (Phi) is 2.04. The zero-order valence-electron chi connectivity index (χ0n) is 7.77. The Morgan fingerprint density at radius 3 is 2.62 bits per heavy atom. The number of carbonyl (C=O) groups is 1. The van der Waals surface area contributed by atoms with E-state index in [0.717, 1.165) is 0 Å². The van der Waals surface area contributed by atoms with Crippen LogP contribution in [0.25, 0.3) is 0 Å². The van der Waals surface area contributed by atoms with Gasteiger partial charge in [-0.1, -0.05) is 13.8 Å². The van der Waals surface area contributed by atoms with Crippen molar-refractivity contribution in [2.75, 3.05) is 0 Å². The number of fused-ring (bicyclic) bond motifs is 1. The topological polar surface area (TPSA) is 59.1 Å². The second kappa shape index (κ2) is 2.96. The molecule has 0 amide bonds. The Labute approximate surface area is 76.8 Å². The van der Waals surface area contributed by atoms with Gasteiger partial charge >= 0.3 is 5.97 Å². The largest absolute Gasteiger partial charge is 0.459 e. The first-order valence-corrected chi connectivity index (χ1v) is 4.63. The van der Waals surface area contributed by atoms with Gasteiger partial charge in [-0.25, -0.2) is 0 Å². The van der Waals surface area contributed by atoms with Crippen molar-refractivity contribution in [2.45, 2.75) is 44.7 Å². The summed E-state index contributed by atoms with van der Waals surface area (Å²) in [5.74, 6) is -0.330. The molecule has 0 aromatic rings. The number of hydrogen-bond donors (Lipinski definition) is 1. The lowest BCUT2D eigenvalue weighted by Crippen LogP contribution is -2.25. The van der Waals surface area contributed by atoms with Crippen molar-refractivity contribution in [1.29, 1.82) is 0 Å². The van der Waals surface area contributed by atoms with Crippen LogP contribution in [-0.2, 0) is 14.3 Å². The summed E-state index contributed by atoms with van der Waals surface area (Å²) in [6.07, 6.45) is -0.277. The Hall–Kier alpha value is -0.610. The standard InChI is InChI=1S/C9H14O4/c1-4(2)9(11)12-6-3-5(10)7-8(6)13-7/h4-8,10H,3H2,1-2H3/t5-,6+,7-,8+/m0/s1. The van der Waals surface area contributed by atoms with Gasteiger partial charge in [0.05, 0.1) is 12.0 Å². The molecule has 4 heteroatoms. The number of epoxide rings is 1. The molecule has 4 atom stereocenters. The van der Waals surface area contributed by atoms with Crippen LogP contribution in [0.1, 0.15) is 20.3 Å². The summed E-state index contributed by atoms with van der Waals surface area (Å²) in [5.41, 5.74) is 0. The molecule has 1 heterocycles. The van der Waals surface area contributed by atoms with E-state index < -0.39 is 6.10 Å². The Morgan fingerprint density at radius 1 is 1.54 bits per heavy atom. The number of ether oxygens (including phenoxy) is 2. The average Bonchev–Trinajstić information content (AvgIpc) is 2.76. The molecule has 1 aliphatic heterocycles. The Balaban J connectivity index is 1.86. The monoisotopic (exact) mass is 186 g/mol. The highest BCUT2D eigenvalue weighted by Gasteiger charge is 2.58. The summed E-state index contributed by atoms with van der Waals surface area (Å²) in [5, 5.41) is 9.34. The van der Waals surface area contributed by atoms with Crippen molar-refractivity contribution in [3.63, 3.8) is 0 Å². The fourth-order valence-corrected chi connectivity index (χ4v) is 1.65. The van der Waals surface area contributed by atoms with Crippen LogP contribution in [0.4, 0.5) is 0 Å². The first-order valence-electron chi connectivity index (χ1n) is 4.63. The van der Waals surface area contributed by atoms with Crippen LogP contribution in [0.3, 0.4) is 0 Å². The predicted octanol–water partition coefficient (Wildman–Crippen LogP) is 0.0862. The van der Waals surface area contributed by atoms with Crippen LogP contribution in [0.2, 0.25) is 0 Å². The summed E-state index contributed by atoms with van der Waals surface area (Å²) >= 11 is 0. The lowest BCUT2D eigenvalue weighted by molar-refractivity contribution is -0.154. The van der Waals surface area contributed by atoms with Crippen molar-refractivity contribution >= 4 is 5.97 Å². The number of aliphatic hydroxyl groups is 1. The van der Waals surface area contributed by atoms with Gasteiger partial charge in [-0.2, -0.15) is 0 Å². The first kappa shape index (κ1) is 8.97. The summed E-state index contributed by atoms with van der Waals surface area (Å²) in [6.45, 7) is 3.58. The van der Waals surface area contributed by atoms with E-state index in [4.69, 9.17) is 9.47 Å². The molecule has 74 valence electrons. The highest BCUT2D eigenvalue weighted by Crippen LogP contribution is 2.40. The smallest absolute Gasteiger partial charge is 0.308 e. The molecular formula is C9H14O4. The van der Waals surface area contributed by atoms with E-state index >= 15 is 0 Å². The average molecular weight is 186 g/mol. The molecule has 4 nitrogen and oxygen atoms in total. The number of carbonyl (C=O) groups excluding carboxylic acids is 1. The quantitative estimate of drug-likeness (QED) is 0.490. The van der Waals surface area contributed by atoms with Crippen LogP contribution in [0.5, 0.6) is 0 Å². The molecule has 0 spiro atoms. The fourth-order valence-electron chi connectivity index (χ4n) is 1.65. The maximum absolute atomic E-state index is 11.2. The number of esters is 1. The molecule has 1 N–H and O–H groups in total. The summed E-state index contributed by atoms with van der Waals surface area (Å²) in [4.78, 5) is 11.2. The van der Waals surface area contributed by atoms with Gasteiger partial charge in [0, 0.05) is 6.42 Å². The maximum Gasteiger partial charge on any atom is 0.308 e.